The Morgan fingerprint density at radius 3 is 2.33 bits per heavy atom. The van der Waals surface area contributed by atoms with Crippen molar-refractivity contribution in [1.29, 1.82) is 0 Å². The second-order valence-corrected chi connectivity index (χ2v) is 7.04. The van der Waals surface area contributed by atoms with Gasteiger partial charge < -0.3 is 9.80 Å². The van der Waals surface area contributed by atoms with E-state index in [1.54, 1.807) is 6.20 Å². The summed E-state index contributed by atoms with van der Waals surface area (Å²) in [6.45, 7) is 4.61. The molecule has 0 N–H and O–H groups in total. The number of hydrogen-bond acceptors (Lipinski definition) is 3. The summed E-state index contributed by atoms with van der Waals surface area (Å²) in [5.41, 5.74) is 3.06. The van der Waals surface area contributed by atoms with Crippen molar-refractivity contribution in [2.45, 2.75) is 32.6 Å². The maximum absolute atomic E-state index is 12.6. The molecule has 0 atom stereocenters. The summed E-state index contributed by atoms with van der Waals surface area (Å²) in [6.07, 6.45) is 4.16. The van der Waals surface area contributed by atoms with Gasteiger partial charge in [0.1, 0.15) is 0 Å². The van der Waals surface area contributed by atoms with Gasteiger partial charge in [-0.25, -0.2) is 0 Å². The SMILES string of the molecule is Cc1cccnc1CC(=O)N1CCCN(C(=O)CCc2ccccc2)CC1. The third kappa shape index (κ3) is 5.39. The number of carbonyl (C=O) groups is 2. The first-order chi connectivity index (χ1) is 13.1. The molecule has 142 valence electrons. The van der Waals surface area contributed by atoms with E-state index in [2.05, 4.69) is 17.1 Å². The van der Waals surface area contributed by atoms with E-state index in [0.29, 0.717) is 32.5 Å². The van der Waals surface area contributed by atoms with Crippen LogP contribution in [0, 0.1) is 6.92 Å². The van der Waals surface area contributed by atoms with Crippen LogP contribution in [-0.2, 0) is 22.4 Å². The fraction of sp³-hybridized carbons (Fsp3) is 0.409. The highest BCUT2D eigenvalue weighted by Crippen LogP contribution is 2.11. The maximum atomic E-state index is 12.6. The summed E-state index contributed by atoms with van der Waals surface area (Å²) >= 11 is 0. The van der Waals surface area contributed by atoms with Gasteiger partial charge in [-0.1, -0.05) is 36.4 Å². The lowest BCUT2D eigenvalue weighted by atomic mass is 10.1. The molecule has 0 radical (unpaired) electrons. The Labute approximate surface area is 161 Å². The zero-order valence-corrected chi connectivity index (χ0v) is 15.9. The van der Waals surface area contributed by atoms with Crippen molar-refractivity contribution in [3.63, 3.8) is 0 Å². The molecule has 1 aliphatic heterocycles. The number of carbonyl (C=O) groups excluding carboxylic acids is 2. The molecular weight excluding hydrogens is 338 g/mol. The quantitative estimate of drug-likeness (QED) is 0.818. The number of aryl methyl sites for hydroxylation is 2. The zero-order valence-electron chi connectivity index (χ0n) is 15.9. The van der Waals surface area contributed by atoms with Crippen molar-refractivity contribution in [1.82, 2.24) is 14.8 Å². The molecule has 0 unspecified atom stereocenters. The van der Waals surface area contributed by atoms with Crippen molar-refractivity contribution in [2.75, 3.05) is 26.2 Å². The van der Waals surface area contributed by atoms with Crippen molar-refractivity contribution in [3.05, 3.63) is 65.5 Å². The zero-order chi connectivity index (χ0) is 19.1. The molecule has 1 aromatic heterocycles. The Morgan fingerprint density at radius 2 is 1.63 bits per heavy atom. The van der Waals surface area contributed by atoms with Gasteiger partial charge in [-0.15, -0.1) is 0 Å². The molecule has 27 heavy (non-hydrogen) atoms. The topological polar surface area (TPSA) is 53.5 Å². The molecule has 5 nitrogen and oxygen atoms in total. The lowest BCUT2D eigenvalue weighted by molar-refractivity contribution is -0.133. The molecule has 1 saturated heterocycles. The van der Waals surface area contributed by atoms with Gasteiger partial charge >= 0.3 is 0 Å². The van der Waals surface area contributed by atoms with Crippen LogP contribution < -0.4 is 0 Å². The molecular formula is C22H27N3O2. The van der Waals surface area contributed by atoms with Crippen LogP contribution in [0.1, 0.15) is 29.7 Å². The summed E-state index contributed by atoms with van der Waals surface area (Å²) in [5.74, 6) is 0.268. The van der Waals surface area contributed by atoms with Crippen molar-refractivity contribution in [3.8, 4) is 0 Å². The van der Waals surface area contributed by atoms with Gasteiger partial charge in [0.05, 0.1) is 12.1 Å². The van der Waals surface area contributed by atoms with E-state index in [9.17, 15) is 9.59 Å². The maximum Gasteiger partial charge on any atom is 0.228 e. The van der Waals surface area contributed by atoms with Crippen molar-refractivity contribution >= 4 is 11.8 Å². The smallest absolute Gasteiger partial charge is 0.228 e. The molecule has 5 heteroatoms. The molecule has 0 saturated carbocycles. The van der Waals surface area contributed by atoms with E-state index in [-0.39, 0.29) is 11.8 Å². The van der Waals surface area contributed by atoms with Crippen LogP contribution in [0.5, 0.6) is 0 Å². The first kappa shape index (κ1) is 19.1. The monoisotopic (exact) mass is 365 g/mol. The van der Waals surface area contributed by atoms with Crippen LogP contribution in [0.25, 0.3) is 0 Å². The fourth-order valence-electron chi connectivity index (χ4n) is 3.43. The van der Waals surface area contributed by atoms with Gasteiger partial charge in [0, 0.05) is 38.8 Å². The Balaban J connectivity index is 1.50. The van der Waals surface area contributed by atoms with Crippen molar-refractivity contribution < 1.29 is 9.59 Å². The van der Waals surface area contributed by atoms with Crippen LogP contribution in [0.2, 0.25) is 0 Å². The van der Waals surface area contributed by atoms with Gasteiger partial charge in [-0.05, 0) is 37.0 Å². The van der Waals surface area contributed by atoms with Gasteiger partial charge in [0.15, 0.2) is 0 Å². The van der Waals surface area contributed by atoms with Crippen LogP contribution in [0.3, 0.4) is 0 Å². The molecule has 2 heterocycles. The predicted molar refractivity (Wildman–Crippen MR) is 105 cm³/mol. The lowest BCUT2D eigenvalue weighted by Gasteiger charge is -2.22. The molecule has 1 aliphatic rings. The van der Waals surface area contributed by atoms with E-state index in [0.717, 1.165) is 30.6 Å². The van der Waals surface area contributed by atoms with Gasteiger partial charge in [0.2, 0.25) is 11.8 Å². The molecule has 1 aromatic carbocycles. The average molecular weight is 365 g/mol. The van der Waals surface area contributed by atoms with Crippen molar-refractivity contribution in [2.24, 2.45) is 0 Å². The Kier molecular flexibility index (Phi) is 6.58. The summed E-state index contributed by atoms with van der Waals surface area (Å²) in [7, 11) is 0. The van der Waals surface area contributed by atoms with Gasteiger partial charge in [-0.2, -0.15) is 0 Å². The minimum Gasteiger partial charge on any atom is -0.341 e. The molecule has 0 bridgehead atoms. The van der Waals surface area contributed by atoms with E-state index >= 15 is 0 Å². The first-order valence-corrected chi connectivity index (χ1v) is 9.63. The van der Waals surface area contributed by atoms with Crippen LogP contribution in [0.4, 0.5) is 0 Å². The summed E-state index contributed by atoms with van der Waals surface area (Å²) in [6, 6.07) is 13.9. The highest BCUT2D eigenvalue weighted by atomic mass is 16.2. The average Bonchev–Trinajstić information content (AvgIpc) is 2.95. The number of amides is 2. The largest absolute Gasteiger partial charge is 0.341 e. The number of aromatic nitrogens is 1. The van der Waals surface area contributed by atoms with Gasteiger partial charge in [-0.3, -0.25) is 14.6 Å². The molecule has 2 aromatic rings. The van der Waals surface area contributed by atoms with E-state index in [1.165, 1.54) is 5.56 Å². The fourth-order valence-corrected chi connectivity index (χ4v) is 3.43. The summed E-state index contributed by atoms with van der Waals surface area (Å²) < 4.78 is 0. The second kappa shape index (κ2) is 9.31. The molecule has 0 aliphatic carbocycles. The van der Waals surface area contributed by atoms with Crippen LogP contribution in [0.15, 0.2) is 48.7 Å². The van der Waals surface area contributed by atoms with Crippen LogP contribution >= 0.6 is 0 Å². The highest BCUT2D eigenvalue weighted by Gasteiger charge is 2.22. The lowest BCUT2D eigenvalue weighted by Crippen LogP contribution is -2.38. The Bertz CT molecular complexity index is 776. The minimum absolute atomic E-state index is 0.0929. The summed E-state index contributed by atoms with van der Waals surface area (Å²) in [5, 5.41) is 0. The number of rotatable bonds is 5. The number of pyridine rings is 1. The van der Waals surface area contributed by atoms with E-state index in [1.807, 2.05) is 47.1 Å². The Hall–Kier alpha value is -2.69. The highest BCUT2D eigenvalue weighted by molar-refractivity contribution is 5.79. The normalized spacial score (nSPS) is 14.7. The summed E-state index contributed by atoms with van der Waals surface area (Å²) in [4.78, 5) is 33.3. The van der Waals surface area contributed by atoms with E-state index < -0.39 is 0 Å². The third-order valence-electron chi connectivity index (χ3n) is 5.11. The number of nitrogens with zero attached hydrogens (tertiary/aromatic N) is 3. The molecule has 1 fully saturated rings. The number of benzene rings is 1. The van der Waals surface area contributed by atoms with Gasteiger partial charge in [0.25, 0.3) is 0 Å². The second-order valence-electron chi connectivity index (χ2n) is 7.04. The molecule has 2 amide bonds. The predicted octanol–water partition coefficient (Wildman–Crippen LogP) is 2.63. The van der Waals surface area contributed by atoms with Crippen LogP contribution in [-0.4, -0.2) is 52.8 Å². The molecule has 3 rings (SSSR count). The van der Waals surface area contributed by atoms with E-state index in [4.69, 9.17) is 0 Å². The molecule has 0 spiro atoms. The third-order valence-corrected chi connectivity index (χ3v) is 5.11. The number of hydrogen-bond donors (Lipinski definition) is 0. The first-order valence-electron chi connectivity index (χ1n) is 9.63. The standard InChI is InChI=1S/C22H27N3O2/c1-18-7-5-12-23-20(18)17-22(27)25-14-6-13-24(15-16-25)21(26)11-10-19-8-3-2-4-9-19/h2-5,7-9,12H,6,10-11,13-17H2,1H3. The minimum atomic E-state index is 0.0929. The Morgan fingerprint density at radius 1 is 0.926 bits per heavy atom.